The second-order valence-electron chi connectivity index (χ2n) is 7.08. The number of aromatic nitrogens is 1. The van der Waals surface area contributed by atoms with Gasteiger partial charge in [-0.2, -0.15) is 0 Å². The summed E-state index contributed by atoms with van der Waals surface area (Å²) in [6.45, 7) is 1.29. The molecule has 0 saturated carbocycles. The fourth-order valence-electron chi connectivity index (χ4n) is 2.85. The van der Waals surface area contributed by atoms with Crippen molar-refractivity contribution in [1.29, 1.82) is 0 Å². The van der Waals surface area contributed by atoms with E-state index in [0.29, 0.717) is 23.6 Å². The third kappa shape index (κ3) is 6.17. The lowest BCUT2D eigenvalue weighted by atomic mass is 10.3. The molecule has 3 rings (SSSR count). The Morgan fingerprint density at radius 2 is 1.93 bits per heavy atom. The van der Waals surface area contributed by atoms with Crippen molar-refractivity contribution >= 4 is 44.4 Å². The number of likely N-dealkylation sites (N-methyl/N-ethyl adjacent to an activating group) is 1. The van der Waals surface area contributed by atoms with Crippen molar-refractivity contribution in [2.75, 3.05) is 44.9 Å². The van der Waals surface area contributed by atoms with E-state index in [1.807, 2.05) is 43.3 Å². The summed E-state index contributed by atoms with van der Waals surface area (Å²) < 4.78 is 19.5. The van der Waals surface area contributed by atoms with E-state index in [0.717, 1.165) is 34.1 Å². The van der Waals surface area contributed by atoms with Crippen LogP contribution in [0.4, 0.5) is 9.52 Å². The molecule has 5 nitrogen and oxygen atoms in total. The maximum atomic E-state index is 13.5. The number of carbonyl (C=O) groups excluding carboxylic acids is 1. The van der Waals surface area contributed by atoms with E-state index in [1.54, 1.807) is 29.8 Å². The predicted molar refractivity (Wildman–Crippen MR) is 123 cm³/mol. The third-order valence-corrected chi connectivity index (χ3v) is 6.64. The van der Waals surface area contributed by atoms with Gasteiger partial charge in [0.25, 0.3) is 0 Å². The molecule has 0 aliphatic carbocycles. The van der Waals surface area contributed by atoms with E-state index >= 15 is 0 Å². The quantitative estimate of drug-likeness (QED) is 0.326. The number of thioether (sulfide) groups is 1. The van der Waals surface area contributed by atoms with Crippen molar-refractivity contribution in [3.8, 4) is 5.75 Å². The molecule has 0 bridgehead atoms. The molecule has 1 aromatic heterocycles. The first kappa shape index (κ1) is 22.5. The molecule has 0 N–H and O–H groups in total. The van der Waals surface area contributed by atoms with Gasteiger partial charge in [-0.25, -0.2) is 9.37 Å². The van der Waals surface area contributed by atoms with E-state index in [9.17, 15) is 9.18 Å². The summed E-state index contributed by atoms with van der Waals surface area (Å²) in [5, 5.41) is 0.630. The first-order valence-electron chi connectivity index (χ1n) is 9.74. The zero-order valence-electron chi connectivity index (χ0n) is 17.4. The van der Waals surface area contributed by atoms with Crippen molar-refractivity contribution in [3.05, 3.63) is 48.3 Å². The number of halogens is 1. The fourth-order valence-corrected chi connectivity index (χ4v) is 4.74. The number of hydrogen-bond donors (Lipinski definition) is 0. The Kier molecular flexibility index (Phi) is 8.07. The van der Waals surface area contributed by atoms with Crippen LogP contribution >= 0.6 is 23.1 Å². The summed E-state index contributed by atoms with van der Waals surface area (Å²) in [7, 11) is 5.60. The van der Waals surface area contributed by atoms with Gasteiger partial charge in [0.1, 0.15) is 11.6 Å². The van der Waals surface area contributed by atoms with Gasteiger partial charge in [-0.3, -0.25) is 9.69 Å². The topological polar surface area (TPSA) is 45.7 Å². The third-order valence-electron chi connectivity index (χ3n) is 4.51. The molecular weight excluding hydrogens is 421 g/mol. The van der Waals surface area contributed by atoms with Gasteiger partial charge in [-0.05, 0) is 68.7 Å². The van der Waals surface area contributed by atoms with E-state index < -0.39 is 0 Å². The van der Waals surface area contributed by atoms with Crippen LogP contribution in [-0.2, 0) is 4.79 Å². The van der Waals surface area contributed by atoms with Gasteiger partial charge in [-0.15, -0.1) is 11.8 Å². The van der Waals surface area contributed by atoms with Gasteiger partial charge in [0.05, 0.1) is 17.3 Å². The van der Waals surface area contributed by atoms with Crippen LogP contribution in [0.1, 0.15) is 12.8 Å². The lowest BCUT2D eigenvalue weighted by molar-refractivity contribution is -0.118. The number of nitrogens with zero attached hydrogens (tertiary/aromatic N) is 3. The van der Waals surface area contributed by atoms with Crippen LogP contribution in [0.15, 0.2) is 47.4 Å². The smallest absolute Gasteiger partial charge is 0.228 e. The number of hydrogen-bond acceptors (Lipinski definition) is 6. The Morgan fingerprint density at radius 3 is 2.63 bits per heavy atom. The highest BCUT2D eigenvalue weighted by Crippen LogP contribution is 2.30. The minimum atomic E-state index is -0.292. The summed E-state index contributed by atoms with van der Waals surface area (Å²) in [6.07, 6.45) is 1.22. The maximum absolute atomic E-state index is 13.5. The summed E-state index contributed by atoms with van der Waals surface area (Å²) >= 11 is 3.08. The van der Waals surface area contributed by atoms with Gasteiger partial charge >= 0.3 is 0 Å². The molecule has 0 aliphatic heterocycles. The van der Waals surface area contributed by atoms with Gasteiger partial charge in [0.2, 0.25) is 5.91 Å². The molecule has 0 unspecified atom stereocenters. The Hall–Kier alpha value is -2.16. The zero-order valence-corrected chi connectivity index (χ0v) is 19.1. The standard InChI is InChI=1S/C22H26FN3O2S2/c1-25(2)12-13-26(22-24-19-11-6-16(23)15-20(19)30-22)21(27)5-4-14-29-18-9-7-17(28-3)8-10-18/h6-11,15H,4-5,12-14H2,1-3H3. The van der Waals surface area contributed by atoms with E-state index in [2.05, 4.69) is 4.98 Å². The van der Waals surface area contributed by atoms with Crippen molar-refractivity contribution < 1.29 is 13.9 Å². The second kappa shape index (κ2) is 10.7. The van der Waals surface area contributed by atoms with Crippen LogP contribution in [0.5, 0.6) is 5.75 Å². The van der Waals surface area contributed by atoms with Gasteiger partial charge in [0, 0.05) is 24.4 Å². The average Bonchev–Trinajstić information content (AvgIpc) is 3.14. The number of methoxy groups -OCH3 is 1. The van der Waals surface area contributed by atoms with Crippen molar-refractivity contribution in [3.63, 3.8) is 0 Å². The van der Waals surface area contributed by atoms with E-state index in [1.165, 1.54) is 23.5 Å². The lowest BCUT2D eigenvalue weighted by Crippen LogP contribution is -2.36. The molecule has 3 aromatic rings. The molecule has 0 aliphatic rings. The van der Waals surface area contributed by atoms with Crippen molar-refractivity contribution in [2.24, 2.45) is 0 Å². The average molecular weight is 448 g/mol. The zero-order chi connectivity index (χ0) is 21.5. The highest BCUT2D eigenvalue weighted by atomic mass is 32.2. The molecule has 1 amide bonds. The number of amides is 1. The molecule has 8 heteroatoms. The summed E-state index contributed by atoms with van der Waals surface area (Å²) in [4.78, 5) is 22.5. The first-order chi connectivity index (χ1) is 14.5. The Bertz CT molecular complexity index is 976. The van der Waals surface area contributed by atoms with Crippen LogP contribution in [0.2, 0.25) is 0 Å². The molecule has 160 valence electrons. The molecule has 0 saturated heterocycles. The number of thiazole rings is 1. The van der Waals surface area contributed by atoms with Crippen LogP contribution in [0.3, 0.4) is 0 Å². The largest absolute Gasteiger partial charge is 0.497 e. The SMILES string of the molecule is COc1ccc(SCCCC(=O)N(CCN(C)C)c2nc3ccc(F)cc3s2)cc1. The number of anilines is 1. The number of carbonyl (C=O) groups is 1. The number of ether oxygens (including phenoxy) is 1. The van der Waals surface area contributed by atoms with Crippen LogP contribution < -0.4 is 9.64 Å². The van der Waals surface area contributed by atoms with Crippen LogP contribution in [-0.4, -0.2) is 55.8 Å². The molecule has 0 spiro atoms. The number of benzene rings is 2. The highest BCUT2D eigenvalue weighted by Gasteiger charge is 2.19. The summed E-state index contributed by atoms with van der Waals surface area (Å²) in [6, 6.07) is 12.4. The van der Waals surface area contributed by atoms with Crippen LogP contribution in [0.25, 0.3) is 10.2 Å². The Morgan fingerprint density at radius 1 is 1.17 bits per heavy atom. The second-order valence-corrected chi connectivity index (χ2v) is 9.26. The van der Waals surface area contributed by atoms with Crippen LogP contribution in [0, 0.1) is 5.82 Å². The van der Waals surface area contributed by atoms with Crippen molar-refractivity contribution in [2.45, 2.75) is 17.7 Å². The van der Waals surface area contributed by atoms with E-state index in [-0.39, 0.29) is 11.7 Å². The monoisotopic (exact) mass is 447 g/mol. The van der Waals surface area contributed by atoms with Crippen molar-refractivity contribution in [1.82, 2.24) is 9.88 Å². The van der Waals surface area contributed by atoms with Gasteiger partial charge in [0.15, 0.2) is 5.13 Å². The highest BCUT2D eigenvalue weighted by molar-refractivity contribution is 7.99. The predicted octanol–water partition coefficient (Wildman–Crippen LogP) is 4.91. The molecular formula is C22H26FN3O2S2. The Labute approximate surface area is 184 Å². The molecule has 1 heterocycles. The number of fused-ring (bicyclic) bond motifs is 1. The first-order valence-corrected chi connectivity index (χ1v) is 11.5. The molecule has 30 heavy (non-hydrogen) atoms. The Balaban J connectivity index is 1.61. The minimum Gasteiger partial charge on any atom is -0.497 e. The van der Waals surface area contributed by atoms with E-state index in [4.69, 9.17) is 4.74 Å². The van der Waals surface area contributed by atoms with Gasteiger partial charge in [-0.1, -0.05) is 11.3 Å². The fraction of sp³-hybridized carbons (Fsp3) is 0.364. The lowest BCUT2D eigenvalue weighted by Gasteiger charge is -2.22. The molecule has 0 fully saturated rings. The molecule has 0 radical (unpaired) electrons. The summed E-state index contributed by atoms with van der Waals surface area (Å²) in [5.41, 5.74) is 0.717. The summed E-state index contributed by atoms with van der Waals surface area (Å²) in [5.74, 6) is 1.44. The molecule has 2 aromatic carbocycles. The number of rotatable bonds is 10. The minimum absolute atomic E-state index is 0.0479. The van der Waals surface area contributed by atoms with Gasteiger partial charge < -0.3 is 9.64 Å². The molecule has 0 atom stereocenters. The normalized spacial score (nSPS) is 11.2. The maximum Gasteiger partial charge on any atom is 0.228 e.